The topological polar surface area (TPSA) is 64.2 Å². The predicted molar refractivity (Wildman–Crippen MR) is 95.0 cm³/mol. The Morgan fingerprint density at radius 2 is 2.00 bits per heavy atom. The first kappa shape index (κ1) is 18.6. The zero-order chi connectivity index (χ0) is 19.7. The maximum Gasteiger partial charge on any atom is 0.416 e. The molecule has 146 valence electrons. The summed E-state index contributed by atoms with van der Waals surface area (Å²) < 4.78 is 46.2. The van der Waals surface area contributed by atoms with Gasteiger partial charge in [0, 0.05) is 0 Å². The minimum Gasteiger partial charge on any atom is -0.467 e. The molecule has 1 fully saturated rings. The molecule has 4 rings (SSSR count). The first-order chi connectivity index (χ1) is 13.4. The van der Waals surface area contributed by atoms with Crippen molar-refractivity contribution in [3.05, 3.63) is 71.4 Å². The summed E-state index contributed by atoms with van der Waals surface area (Å²) in [7, 11) is 0. The van der Waals surface area contributed by atoms with Gasteiger partial charge >= 0.3 is 6.18 Å². The van der Waals surface area contributed by atoms with Gasteiger partial charge in [-0.05, 0) is 23.8 Å². The molecule has 0 unspecified atom stereocenters. The van der Waals surface area contributed by atoms with Crippen LogP contribution in [0.4, 0.5) is 13.2 Å². The van der Waals surface area contributed by atoms with Crippen molar-refractivity contribution >= 4 is 17.7 Å². The van der Waals surface area contributed by atoms with Crippen molar-refractivity contribution < 1.29 is 22.4 Å². The highest BCUT2D eigenvalue weighted by atomic mass is 32.2. The summed E-state index contributed by atoms with van der Waals surface area (Å²) in [6.07, 6.45) is -1.32. The number of carbonyl (C=O) groups excluding carboxylic acids is 1. The quantitative estimate of drug-likeness (QED) is 0.644. The molecular weight excluding hydrogens is 393 g/mol. The molecule has 28 heavy (non-hydrogen) atoms. The number of nitrogens with zero attached hydrogens (tertiary/aromatic N) is 4. The summed E-state index contributed by atoms with van der Waals surface area (Å²) in [4.78, 5) is 13.8. The highest BCUT2D eigenvalue weighted by Gasteiger charge is 2.36. The molecule has 0 aliphatic carbocycles. The van der Waals surface area contributed by atoms with E-state index in [1.165, 1.54) is 34.8 Å². The average Bonchev–Trinajstić information content (AvgIpc) is 3.38. The number of hydrogen-bond donors (Lipinski definition) is 0. The van der Waals surface area contributed by atoms with Crippen LogP contribution in [-0.4, -0.2) is 31.6 Å². The molecule has 2 aromatic heterocycles. The summed E-state index contributed by atoms with van der Waals surface area (Å²) in [6.45, 7) is 0.236. The van der Waals surface area contributed by atoms with Gasteiger partial charge in [-0.1, -0.05) is 23.4 Å². The van der Waals surface area contributed by atoms with Crippen molar-refractivity contribution in [3.8, 4) is 0 Å². The second kappa shape index (κ2) is 7.34. The molecule has 0 spiro atoms. The smallest absolute Gasteiger partial charge is 0.416 e. The molecule has 1 amide bonds. The molecule has 3 heterocycles. The number of amides is 1. The summed E-state index contributed by atoms with van der Waals surface area (Å²) in [5.74, 6) is 0.894. The summed E-state index contributed by atoms with van der Waals surface area (Å²) in [5.41, 5.74) is -0.0714. The van der Waals surface area contributed by atoms with Crippen LogP contribution in [0.1, 0.15) is 28.0 Å². The Bertz CT molecular complexity index is 971. The van der Waals surface area contributed by atoms with E-state index >= 15 is 0 Å². The van der Waals surface area contributed by atoms with Crippen molar-refractivity contribution in [2.75, 3.05) is 5.75 Å². The fourth-order valence-electron chi connectivity index (χ4n) is 3.05. The highest BCUT2D eigenvalue weighted by molar-refractivity contribution is 8.00. The lowest BCUT2D eigenvalue weighted by atomic mass is 10.1. The van der Waals surface area contributed by atoms with Crippen molar-refractivity contribution in [2.24, 2.45) is 0 Å². The van der Waals surface area contributed by atoms with Gasteiger partial charge in [-0.15, -0.1) is 16.9 Å². The first-order valence-electron chi connectivity index (χ1n) is 8.40. The lowest BCUT2D eigenvalue weighted by molar-refractivity contribution is -0.138. The van der Waals surface area contributed by atoms with Gasteiger partial charge in [0.2, 0.25) is 5.91 Å². The van der Waals surface area contributed by atoms with Gasteiger partial charge < -0.3 is 9.32 Å². The number of thioether (sulfide) groups is 1. The van der Waals surface area contributed by atoms with Crippen LogP contribution in [0.3, 0.4) is 0 Å². The van der Waals surface area contributed by atoms with Gasteiger partial charge in [-0.25, -0.2) is 4.68 Å². The zero-order valence-electron chi connectivity index (χ0n) is 14.5. The van der Waals surface area contributed by atoms with Crippen LogP contribution < -0.4 is 0 Å². The fourth-order valence-corrected chi connectivity index (χ4v) is 4.17. The molecule has 0 N–H and O–H groups in total. The van der Waals surface area contributed by atoms with Crippen molar-refractivity contribution in [2.45, 2.75) is 24.6 Å². The van der Waals surface area contributed by atoms with Gasteiger partial charge in [-0.3, -0.25) is 4.79 Å². The van der Waals surface area contributed by atoms with Crippen molar-refractivity contribution in [1.82, 2.24) is 19.9 Å². The zero-order valence-corrected chi connectivity index (χ0v) is 15.3. The first-order valence-corrected chi connectivity index (χ1v) is 9.45. The maximum absolute atomic E-state index is 13.2. The van der Waals surface area contributed by atoms with E-state index in [9.17, 15) is 18.0 Å². The monoisotopic (exact) mass is 408 g/mol. The predicted octanol–water partition coefficient (Wildman–Crippen LogP) is 3.71. The molecule has 3 aromatic rings. The molecule has 0 radical (unpaired) electrons. The van der Waals surface area contributed by atoms with E-state index < -0.39 is 11.7 Å². The SMILES string of the molecule is O=C1CS[C@H](c2cn(Cc3ccccc3C(F)(F)F)nn2)N1Cc1ccco1. The summed E-state index contributed by atoms with van der Waals surface area (Å²) >= 11 is 1.40. The number of aromatic nitrogens is 3. The normalized spacial score (nSPS) is 17.5. The number of halogens is 3. The van der Waals surface area contributed by atoms with E-state index in [0.717, 1.165) is 6.07 Å². The number of alkyl halides is 3. The fraction of sp³-hybridized carbons (Fsp3) is 0.278. The molecule has 1 aromatic carbocycles. The maximum atomic E-state index is 13.2. The third-order valence-electron chi connectivity index (χ3n) is 4.34. The van der Waals surface area contributed by atoms with E-state index in [1.807, 2.05) is 0 Å². The van der Waals surface area contributed by atoms with Gasteiger partial charge in [0.1, 0.15) is 16.8 Å². The number of furan rings is 1. The van der Waals surface area contributed by atoms with Crippen LogP contribution in [0.5, 0.6) is 0 Å². The summed E-state index contributed by atoms with van der Waals surface area (Å²) in [5, 5.41) is 7.69. The van der Waals surface area contributed by atoms with Crippen LogP contribution >= 0.6 is 11.8 Å². The summed E-state index contributed by atoms with van der Waals surface area (Å²) in [6, 6.07) is 8.89. The molecule has 1 aliphatic heterocycles. The van der Waals surface area contributed by atoms with Crippen LogP contribution in [-0.2, 0) is 24.1 Å². The average molecular weight is 408 g/mol. The Hall–Kier alpha value is -2.75. The van der Waals surface area contributed by atoms with E-state index in [0.29, 0.717) is 23.8 Å². The molecule has 1 atom stereocenters. The third kappa shape index (κ3) is 3.77. The number of benzene rings is 1. The van der Waals surface area contributed by atoms with Crippen LogP contribution in [0.15, 0.2) is 53.3 Å². The van der Waals surface area contributed by atoms with Gasteiger partial charge in [0.25, 0.3) is 0 Å². The van der Waals surface area contributed by atoms with Crippen molar-refractivity contribution in [3.63, 3.8) is 0 Å². The van der Waals surface area contributed by atoms with E-state index in [2.05, 4.69) is 10.3 Å². The van der Waals surface area contributed by atoms with E-state index in [1.54, 1.807) is 29.3 Å². The molecule has 0 saturated carbocycles. The minimum atomic E-state index is -4.44. The van der Waals surface area contributed by atoms with Crippen LogP contribution in [0.2, 0.25) is 0 Å². The van der Waals surface area contributed by atoms with Gasteiger partial charge in [-0.2, -0.15) is 13.2 Å². The molecular formula is C18H15F3N4O2S. The lowest BCUT2D eigenvalue weighted by Gasteiger charge is -2.20. The number of carbonyl (C=O) groups is 1. The Balaban J connectivity index is 1.54. The Labute approximate surface area is 162 Å². The third-order valence-corrected chi connectivity index (χ3v) is 5.56. The standard InChI is InChI=1S/C18H15F3N4O2S/c19-18(20,21)14-6-2-1-4-12(14)8-24-10-15(22-23-24)17-25(16(26)11-28-17)9-13-5-3-7-27-13/h1-7,10,17H,8-9,11H2/t17-/m1/s1. The van der Waals surface area contributed by atoms with Gasteiger partial charge in [0.15, 0.2) is 0 Å². The Morgan fingerprint density at radius 1 is 1.18 bits per heavy atom. The van der Waals surface area contributed by atoms with Crippen molar-refractivity contribution in [1.29, 1.82) is 0 Å². The van der Waals surface area contributed by atoms with Gasteiger partial charge in [0.05, 0.1) is 36.9 Å². The Kier molecular flexibility index (Phi) is 4.88. The largest absolute Gasteiger partial charge is 0.467 e. The highest BCUT2D eigenvalue weighted by Crippen LogP contribution is 2.38. The molecule has 1 saturated heterocycles. The molecule has 0 bridgehead atoms. The lowest BCUT2D eigenvalue weighted by Crippen LogP contribution is -2.27. The van der Waals surface area contributed by atoms with E-state index in [-0.39, 0.29) is 23.4 Å². The minimum absolute atomic E-state index is 0.0524. The number of hydrogen-bond acceptors (Lipinski definition) is 5. The van der Waals surface area contributed by atoms with E-state index in [4.69, 9.17) is 4.42 Å². The second-order valence-electron chi connectivity index (χ2n) is 6.26. The Morgan fingerprint density at radius 3 is 2.75 bits per heavy atom. The molecule has 10 heteroatoms. The van der Waals surface area contributed by atoms with Crippen LogP contribution in [0, 0.1) is 0 Å². The number of rotatable bonds is 5. The van der Waals surface area contributed by atoms with Crippen LogP contribution in [0.25, 0.3) is 0 Å². The molecule has 6 nitrogen and oxygen atoms in total. The second-order valence-corrected chi connectivity index (χ2v) is 7.33. The molecule has 1 aliphatic rings.